The largest absolute Gasteiger partial charge is 0.457 e. The van der Waals surface area contributed by atoms with Gasteiger partial charge in [0.15, 0.2) is 0 Å². The van der Waals surface area contributed by atoms with Crippen molar-refractivity contribution in [2.75, 3.05) is 18.9 Å². The van der Waals surface area contributed by atoms with Gasteiger partial charge in [0, 0.05) is 34.8 Å². The Morgan fingerprint density at radius 3 is 2.55 bits per heavy atom. The van der Waals surface area contributed by atoms with E-state index in [9.17, 15) is 23.4 Å². The molecule has 1 heterocycles. The van der Waals surface area contributed by atoms with Crippen LogP contribution in [0.3, 0.4) is 0 Å². The average Bonchev–Trinajstić information content (AvgIpc) is 2.95. The molecular formula is C29H30ClN3O6S. The molecule has 1 aromatic heterocycles. The molecule has 0 saturated carbocycles. The van der Waals surface area contributed by atoms with E-state index in [2.05, 4.69) is 10.3 Å². The Bertz CT molecular complexity index is 1580. The molecule has 0 saturated heterocycles. The zero-order valence-electron chi connectivity index (χ0n) is 21.7. The average molecular weight is 584 g/mol. The quantitative estimate of drug-likeness (QED) is 0.196. The molecule has 4 rings (SSSR count). The number of nitrogens with zero attached hydrogens (tertiary/aromatic N) is 1. The predicted molar refractivity (Wildman–Crippen MR) is 154 cm³/mol. The van der Waals surface area contributed by atoms with Crippen LogP contribution in [0.2, 0.25) is 5.02 Å². The fourth-order valence-electron chi connectivity index (χ4n) is 4.04. The van der Waals surface area contributed by atoms with Crippen LogP contribution >= 0.6 is 11.6 Å². The zero-order chi connectivity index (χ0) is 28.7. The lowest BCUT2D eigenvalue weighted by Gasteiger charge is -2.19. The molecule has 0 aliphatic carbocycles. The van der Waals surface area contributed by atoms with Crippen LogP contribution in [0, 0.1) is 0 Å². The van der Waals surface area contributed by atoms with Gasteiger partial charge in [-0.25, -0.2) is 13.1 Å². The van der Waals surface area contributed by atoms with E-state index in [0.29, 0.717) is 39.4 Å². The number of fused-ring (bicyclic) bond motifs is 1. The number of carbonyl (C=O) groups is 1. The van der Waals surface area contributed by atoms with Crippen molar-refractivity contribution in [2.24, 2.45) is 0 Å². The third-order valence-corrected chi connectivity index (χ3v) is 7.77. The lowest BCUT2D eigenvalue weighted by molar-refractivity contribution is 0.0981. The Labute approximate surface area is 237 Å². The summed E-state index contributed by atoms with van der Waals surface area (Å²) in [5.41, 5.74) is 2.32. The number of halogens is 1. The minimum absolute atomic E-state index is 0.103. The maximum atomic E-state index is 12.3. The van der Waals surface area contributed by atoms with Gasteiger partial charge in [0.25, 0.3) is 5.91 Å². The highest BCUT2D eigenvalue weighted by molar-refractivity contribution is 7.90. The highest BCUT2D eigenvalue weighted by Crippen LogP contribution is 2.29. The van der Waals surface area contributed by atoms with Gasteiger partial charge >= 0.3 is 0 Å². The first-order valence-electron chi connectivity index (χ1n) is 12.7. The molecule has 1 amide bonds. The van der Waals surface area contributed by atoms with E-state index in [1.807, 2.05) is 29.0 Å². The monoisotopic (exact) mass is 583 g/mol. The van der Waals surface area contributed by atoms with Crippen molar-refractivity contribution in [1.82, 2.24) is 15.0 Å². The van der Waals surface area contributed by atoms with E-state index in [1.54, 1.807) is 42.6 Å². The van der Waals surface area contributed by atoms with Crippen molar-refractivity contribution in [1.29, 1.82) is 0 Å². The van der Waals surface area contributed by atoms with Crippen molar-refractivity contribution < 1.29 is 28.2 Å². The summed E-state index contributed by atoms with van der Waals surface area (Å²) < 4.78 is 31.6. The second kappa shape index (κ2) is 13.2. The van der Waals surface area contributed by atoms with Crippen molar-refractivity contribution in [2.45, 2.75) is 25.5 Å². The van der Waals surface area contributed by atoms with E-state index in [0.717, 1.165) is 5.56 Å². The second-order valence-electron chi connectivity index (χ2n) is 9.18. The number of carbonyl (C=O) groups excluding carboxylic acids is 1. The van der Waals surface area contributed by atoms with Gasteiger partial charge in [-0.3, -0.25) is 9.78 Å². The Morgan fingerprint density at radius 1 is 1.07 bits per heavy atom. The summed E-state index contributed by atoms with van der Waals surface area (Å²) in [7, 11) is -3.68. The third-order valence-electron chi connectivity index (χ3n) is 6.28. The second-order valence-corrected chi connectivity index (χ2v) is 11.6. The molecule has 4 aromatic rings. The van der Waals surface area contributed by atoms with E-state index >= 15 is 0 Å². The molecule has 2 atom stereocenters. The molecule has 0 aliphatic rings. The standard InChI is InChI=1S/C29H30ClN3O6S/c1-2-40(37,38)33-29(36)21-8-11-25-26(16-21)31-13-12-28(25)39-24-9-6-19(7-10-24)14-23(18-34)32-17-27(35)20-4-3-5-22(30)15-20/h3-13,15-16,23,27,32,34-35H,2,14,17-18H2,1H3,(H,33,36)/t23-,27-/m0/s1. The van der Waals surface area contributed by atoms with Crippen molar-refractivity contribution >= 4 is 38.4 Å². The minimum atomic E-state index is -3.68. The van der Waals surface area contributed by atoms with Gasteiger partial charge in [0.05, 0.1) is 24.0 Å². The number of rotatable bonds is 12. The summed E-state index contributed by atoms with van der Waals surface area (Å²) in [6.07, 6.45) is 1.33. The lowest BCUT2D eigenvalue weighted by atomic mass is 10.0. The molecular weight excluding hydrogens is 554 g/mol. The molecule has 0 spiro atoms. The smallest absolute Gasteiger partial charge is 0.264 e. The number of aromatic nitrogens is 1. The number of nitrogens with one attached hydrogen (secondary N) is 2. The Morgan fingerprint density at radius 2 is 1.85 bits per heavy atom. The van der Waals surface area contributed by atoms with Gasteiger partial charge in [-0.15, -0.1) is 0 Å². The van der Waals surface area contributed by atoms with Gasteiger partial charge in [-0.2, -0.15) is 0 Å². The number of ether oxygens (including phenoxy) is 1. The first-order valence-corrected chi connectivity index (χ1v) is 14.7. The summed E-state index contributed by atoms with van der Waals surface area (Å²) in [6, 6.07) is 20.6. The minimum Gasteiger partial charge on any atom is -0.457 e. The van der Waals surface area contributed by atoms with Crippen LogP contribution in [0.15, 0.2) is 79.0 Å². The van der Waals surface area contributed by atoms with Crippen molar-refractivity contribution in [3.63, 3.8) is 0 Å². The first kappa shape index (κ1) is 29.4. The molecule has 4 N–H and O–H groups in total. The molecule has 0 fully saturated rings. The molecule has 11 heteroatoms. The molecule has 0 unspecified atom stereocenters. The molecule has 0 radical (unpaired) electrons. The number of aliphatic hydroxyl groups is 2. The van der Waals surface area contributed by atoms with Crippen LogP contribution < -0.4 is 14.8 Å². The van der Waals surface area contributed by atoms with Crippen LogP contribution in [-0.2, 0) is 16.4 Å². The summed E-state index contributed by atoms with van der Waals surface area (Å²) in [4.78, 5) is 16.6. The van der Waals surface area contributed by atoms with E-state index in [4.69, 9.17) is 16.3 Å². The molecule has 0 aliphatic heterocycles. The number of hydrogen-bond donors (Lipinski definition) is 4. The third kappa shape index (κ3) is 7.77. The summed E-state index contributed by atoms with van der Waals surface area (Å²) in [6.45, 7) is 1.61. The Hall–Kier alpha value is -3.54. The Kier molecular flexibility index (Phi) is 9.72. The van der Waals surface area contributed by atoms with E-state index in [1.165, 1.54) is 19.1 Å². The van der Waals surface area contributed by atoms with Crippen molar-refractivity contribution in [3.8, 4) is 11.5 Å². The van der Waals surface area contributed by atoms with Gasteiger partial charge in [-0.1, -0.05) is 35.9 Å². The molecule has 210 valence electrons. The van der Waals surface area contributed by atoms with Crippen LogP contribution in [-0.4, -0.2) is 54.5 Å². The number of benzene rings is 3. The molecule has 0 bridgehead atoms. The van der Waals surface area contributed by atoms with Crippen LogP contribution in [0.4, 0.5) is 0 Å². The molecule has 9 nitrogen and oxygen atoms in total. The van der Waals surface area contributed by atoms with Gasteiger partial charge < -0.3 is 20.3 Å². The highest BCUT2D eigenvalue weighted by atomic mass is 35.5. The van der Waals surface area contributed by atoms with Crippen LogP contribution in [0.25, 0.3) is 10.9 Å². The van der Waals surface area contributed by atoms with Gasteiger partial charge in [0.2, 0.25) is 10.0 Å². The van der Waals surface area contributed by atoms with E-state index in [-0.39, 0.29) is 30.5 Å². The Balaban J connectivity index is 1.39. The summed E-state index contributed by atoms with van der Waals surface area (Å²) in [5.74, 6) is 0.181. The fraction of sp³-hybridized carbons (Fsp3) is 0.241. The fourth-order valence-corrected chi connectivity index (χ4v) is 4.78. The predicted octanol–water partition coefficient (Wildman–Crippen LogP) is 3.99. The zero-order valence-corrected chi connectivity index (χ0v) is 23.3. The lowest BCUT2D eigenvalue weighted by Crippen LogP contribution is -2.37. The molecule has 3 aromatic carbocycles. The van der Waals surface area contributed by atoms with E-state index < -0.39 is 22.0 Å². The number of aliphatic hydroxyl groups excluding tert-OH is 2. The number of sulfonamides is 1. The number of amides is 1. The topological polar surface area (TPSA) is 138 Å². The van der Waals surface area contributed by atoms with Crippen LogP contribution in [0.1, 0.15) is 34.5 Å². The summed E-state index contributed by atoms with van der Waals surface area (Å²) in [5, 5.41) is 24.7. The van der Waals surface area contributed by atoms with Crippen molar-refractivity contribution in [3.05, 3.63) is 101 Å². The van der Waals surface area contributed by atoms with Gasteiger partial charge in [0.1, 0.15) is 11.5 Å². The normalized spacial score (nSPS) is 13.1. The summed E-state index contributed by atoms with van der Waals surface area (Å²) >= 11 is 6.00. The maximum absolute atomic E-state index is 12.3. The number of hydrogen-bond acceptors (Lipinski definition) is 8. The molecule has 40 heavy (non-hydrogen) atoms. The SMILES string of the molecule is CCS(=O)(=O)NC(=O)c1ccc2c(Oc3ccc(C[C@@H](CO)NC[C@H](O)c4cccc(Cl)c4)cc3)ccnc2c1. The number of pyridine rings is 1. The maximum Gasteiger partial charge on any atom is 0.264 e. The first-order chi connectivity index (χ1) is 19.2. The van der Waals surface area contributed by atoms with Gasteiger partial charge in [-0.05, 0) is 73.0 Å². The van der Waals surface area contributed by atoms with Crippen LogP contribution in [0.5, 0.6) is 11.5 Å². The highest BCUT2D eigenvalue weighted by Gasteiger charge is 2.16.